The van der Waals surface area contributed by atoms with Crippen molar-refractivity contribution in [2.75, 3.05) is 17.7 Å². The van der Waals surface area contributed by atoms with Crippen LogP contribution < -0.4 is 15.4 Å². The standard InChI is InChI=1S/C17H16ClN5O2/c1-10-6-7-11(18)8-14(10)20-17(24)15-16(22-23-21-15)19-12-4-3-5-13(9-12)25-2/h3-9H,1-2H3,(H,20,24)(H2,19,21,22,23). The lowest BCUT2D eigenvalue weighted by atomic mass is 10.2. The Labute approximate surface area is 149 Å². The molecule has 0 atom stereocenters. The summed E-state index contributed by atoms with van der Waals surface area (Å²) in [6, 6.07) is 12.6. The average molecular weight is 358 g/mol. The van der Waals surface area contributed by atoms with Crippen LogP contribution in [0, 0.1) is 6.92 Å². The molecule has 1 heterocycles. The molecule has 3 rings (SSSR count). The molecule has 0 saturated heterocycles. The molecule has 7 nitrogen and oxygen atoms in total. The van der Waals surface area contributed by atoms with Gasteiger partial charge in [0.25, 0.3) is 5.91 Å². The van der Waals surface area contributed by atoms with E-state index in [1.165, 1.54) is 0 Å². The molecule has 1 amide bonds. The Morgan fingerprint density at radius 2 is 2.04 bits per heavy atom. The number of methoxy groups -OCH3 is 1. The maximum absolute atomic E-state index is 12.5. The lowest BCUT2D eigenvalue weighted by Gasteiger charge is -2.09. The Morgan fingerprint density at radius 3 is 2.84 bits per heavy atom. The number of aromatic amines is 1. The normalized spacial score (nSPS) is 10.4. The average Bonchev–Trinajstić information content (AvgIpc) is 3.06. The predicted molar refractivity (Wildman–Crippen MR) is 96.8 cm³/mol. The van der Waals surface area contributed by atoms with Crippen molar-refractivity contribution in [3.8, 4) is 5.75 Å². The highest BCUT2D eigenvalue weighted by Gasteiger charge is 2.18. The smallest absolute Gasteiger partial charge is 0.280 e. The topological polar surface area (TPSA) is 91.9 Å². The molecule has 0 radical (unpaired) electrons. The molecule has 0 saturated carbocycles. The van der Waals surface area contributed by atoms with E-state index >= 15 is 0 Å². The van der Waals surface area contributed by atoms with Gasteiger partial charge in [0.1, 0.15) is 5.75 Å². The van der Waals surface area contributed by atoms with Crippen LogP contribution >= 0.6 is 11.6 Å². The number of benzene rings is 2. The van der Waals surface area contributed by atoms with Crippen molar-refractivity contribution in [3.63, 3.8) is 0 Å². The Balaban J connectivity index is 1.80. The summed E-state index contributed by atoms with van der Waals surface area (Å²) in [5.41, 5.74) is 2.37. The first-order valence-electron chi connectivity index (χ1n) is 7.46. The second-order valence-electron chi connectivity index (χ2n) is 5.29. The highest BCUT2D eigenvalue weighted by molar-refractivity contribution is 6.31. The molecule has 1 aromatic heterocycles. The van der Waals surface area contributed by atoms with E-state index in [9.17, 15) is 4.79 Å². The maximum atomic E-state index is 12.5. The van der Waals surface area contributed by atoms with E-state index in [-0.39, 0.29) is 5.69 Å². The van der Waals surface area contributed by atoms with E-state index < -0.39 is 5.91 Å². The van der Waals surface area contributed by atoms with Gasteiger partial charge in [0, 0.05) is 22.5 Å². The minimum absolute atomic E-state index is 0.141. The number of amides is 1. The Bertz CT molecular complexity index is 910. The number of carbonyl (C=O) groups excluding carboxylic acids is 1. The molecule has 128 valence electrons. The molecule has 3 N–H and O–H groups in total. The number of anilines is 3. The lowest BCUT2D eigenvalue weighted by Crippen LogP contribution is -2.15. The molecular formula is C17H16ClN5O2. The minimum Gasteiger partial charge on any atom is -0.497 e. The Hall–Kier alpha value is -3.06. The zero-order valence-corrected chi connectivity index (χ0v) is 14.4. The molecule has 25 heavy (non-hydrogen) atoms. The second kappa shape index (κ2) is 7.23. The summed E-state index contributed by atoms with van der Waals surface area (Å²) < 4.78 is 5.18. The van der Waals surface area contributed by atoms with Crippen LogP contribution in [-0.2, 0) is 0 Å². The molecule has 0 spiro atoms. The molecule has 8 heteroatoms. The van der Waals surface area contributed by atoms with Crippen molar-refractivity contribution in [2.45, 2.75) is 6.92 Å². The zero-order valence-electron chi connectivity index (χ0n) is 13.6. The second-order valence-corrected chi connectivity index (χ2v) is 5.73. The lowest BCUT2D eigenvalue weighted by molar-refractivity contribution is 0.102. The Morgan fingerprint density at radius 1 is 1.20 bits per heavy atom. The van der Waals surface area contributed by atoms with Crippen LogP contribution in [0.15, 0.2) is 42.5 Å². The molecule has 0 unspecified atom stereocenters. The van der Waals surface area contributed by atoms with Gasteiger partial charge in [-0.2, -0.15) is 5.21 Å². The van der Waals surface area contributed by atoms with Crippen molar-refractivity contribution in [2.24, 2.45) is 0 Å². The number of rotatable bonds is 5. The van der Waals surface area contributed by atoms with Crippen molar-refractivity contribution in [1.29, 1.82) is 0 Å². The molecule has 2 aromatic carbocycles. The van der Waals surface area contributed by atoms with Gasteiger partial charge in [0.15, 0.2) is 11.5 Å². The summed E-state index contributed by atoms with van der Waals surface area (Å²) >= 11 is 5.98. The first kappa shape index (κ1) is 16.8. The fourth-order valence-corrected chi connectivity index (χ4v) is 2.40. The number of aryl methyl sites for hydroxylation is 1. The molecule has 0 aliphatic rings. The third kappa shape index (κ3) is 3.89. The number of hydrogen-bond donors (Lipinski definition) is 3. The van der Waals surface area contributed by atoms with Gasteiger partial charge >= 0.3 is 0 Å². The van der Waals surface area contributed by atoms with Crippen molar-refractivity contribution in [3.05, 3.63) is 58.7 Å². The Kier molecular flexibility index (Phi) is 4.85. The molecule has 0 bridgehead atoms. The summed E-state index contributed by atoms with van der Waals surface area (Å²) in [6.07, 6.45) is 0. The maximum Gasteiger partial charge on any atom is 0.280 e. The molecule has 3 aromatic rings. The van der Waals surface area contributed by atoms with Crippen LogP contribution in [0.2, 0.25) is 5.02 Å². The summed E-state index contributed by atoms with van der Waals surface area (Å²) in [5.74, 6) is 0.601. The van der Waals surface area contributed by atoms with E-state index in [1.54, 1.807) is 25.3 Å². The minimum atomic E-state index is -0.399. The van der Waals surface area contributed by atoms with Crippen LogP contribution in [0.4, 0.5) is 17.2 Å². The van der Waals surface area contributed by atoms with E-state index in [0.717, 1.165) is 11.3 Å². The van der Waals surface area contributed by atoms with Crippen LogP contribution in [0.5, 0.6) is 5.75 Å². The molecule has 0 aliphatic heterocycles. The first-order chi connectivity index (χ1) is 12.1. The monoisotopic (exact) mass is 357 g/mol. The fraction of sp³-hybridized carbons (Fsp3) is 0.118. The summed E-state index contributed by atoms with van der Waals surface area (Å²) in [6.45, 7) is 1.88. The third-order valence-corrected chi connectivity index (χ3v) is 3.78. The van der Waals surface area contributed by atoms with Crippen LogP contribution in [0.3, 0.4) is 0 Å². The van der Waals surface area contributed by atoms with Crippen molar-refractivity contribution >= 4 is 34.7 Å². The molecule has 0 aliphatic carbocycles. The van der Waals surface area contributed by atoms with Crippen LogP contribution in [0.1, 0.15) is 16.1 Å². The summed E-state index contributed by atoms with van der Waals surface area (Å²) in [7, 11) is 1.58. The van der Waals surface area contributed by atoms with Crippen LogP contribution in [-0.4, -0.2) is 28.4 Å². The van der Waals surface area contributed by atoms with Gasteiger partial charge in [-0.1, -0.05) is 23.7 Å². The van der Waals surface area contributed by atoms with Gasteiger partial charge in [-0.15, -0.1) is 10.2 Å². The van der Waals surface area contributed by atoms with Gasteiger partial charge in [0.2, 0.25) is 0 Å². The zero-order chi connectivity index (χ0) is 17.8. The number of nitrogens with zero attached hydrogens (tertiary/aromatic N) is 2. The number of aromatic nitrogens is 3. The first-order valence-corrected chi connectivity index (χ1v) is 7.84. The molecule has 0 fully saturated rings. The van der Waals surface area contributed by atoms with E-state index in [2.05, 4.69) is 26.0 Å². The van der Waals surface area contributed by atoms with Gasteiger partial charge < -0.3 is 15.4 Å². The number of nitrogens with one attached hydrogen (secondary N) is 3. The quantitative estimate of drug-likeness (QED) is 0.646. The number of H-pyrrole nitrogens is 1. The predicted octanol–water partition coefficient (Wildman–Crippen LogP) is 3.77. The van der Waals surface area contributed by atoms with Gasteiger partial charge in [-0.25, -0.2) is 0 Å². The fourth-order valence-electron chi connectivity index (χ4n) is 2.22. The summed E-state index contributed by atoms with van der Waals surface area (Å²) in [4.78, 5) is 12.5. The van der Waals surface area contributed by atoms with Gasteiger partial charge in [0.05, 0.1) is 7.11 Å². The van der Waals surface area contributed by atoms with E-state index in [4.69, 9.17) is 16.3 Å². The SMILES string of the molecule is COc1cccc(Nc2n[nH]nc2C(=O)Nc2cc(Cl)ccc2C)c1. The number of hydrogen-bond acceptors (Lipinski definition) is 5. The number of halogens is 1. The van der Waals surface area contributed by atoms with Gasteiger partial charge in [-0.3, -0.25) is 4.79 Å². The van der Waals surface area contributed by atoms with Crippen LogP contribution in [0.25, 0.3) is 0 Å². The number of ether oxygens (including phenoxy) is 1. The number of carbonyl (C=O) groups is 1. The van der Waals surface area contributed by atoms with E-state index in [0.29, 0.717) is 22.3 Å². The van der Waals surface area contributed by atoms with E-state index in [1.807, 2.05) is 31.2 Å². The summed E-state index contributed by atoms with van der Waals surface area (Å²) in [5, 5.41) is 16.8. The highest BCUT2D eigenvalue weighted by atomic mass is 35.5. The highest BCUT2D eigenvalue weighted by Crippen LogP contribution is 2.24. The van der Waals surface area contributed by atoms with Crippen molar-refractivity contribution in [1.82, 2.24) is 15.4 Å². The molecular weight excluding hydrogens is 342 g/mol. The van der Waals surface area contributed by atoms with Crippen molar-refractivity contribution < 1.29 is 9.53 Å². The van der Waals surface area contributed by atoms with Gasteiger partial charge in [-0.05, 0) is 36.8 Å². The third-order valence-electron chi connectivity index (χ3n) is 3.54. The largest absolute Gasteiger partial charge is 0.497 e.